The van der Waals surface area contributed by atoms with E-state index in [9.17, 15) is 13.2 Å². The first-order valence-electron chi connectivity index (χ1n) is 9.65. The molecule has 1 aliphatic heterocycles. The van der Waals surface area contributed by atoms with Gasteiger partial charge < -0.3 is 5.32 Å². The number of aliphatic imine (C=N–C) groups is 1. The zero-order chi connectivity index (χ0) is 21.6. The summed E-state index contributed by atoms with van der Waals surface area (Å²) in [6.45, 7) is 1.96. The van der Waals surface area contributed by atoms with Crippen LogP contribution in [0.4, 0.5) is 0 Å². The fourth-order valence-corrected chi connectivity index (χ4v) is 5.53. The van der Waals surface area contributed by atoms with Crippen LogP contribution in [0, 0.1) is 0 Å². The molecular weight excluding hydrogens is 484 g/mol. The van der Waals surface area contributed by atoms with Crippen molar-refractivity contribution in [2.24, 2.45) is 4.99 Å². The van der Waals surface area contributed by atoms with E-state index >= 15 is 0 Å². The Kier molecular flexibility index (Phi) is 7.91. The predicted molar refractivity (Wildman–Crippen MR) is 127 cm³/mol. The minimum absolute atomic E-state index is 0.0320. The minimum Gasteiger partial charge on any atom is -0.302 e. The van der Waals surface area contributed by atoms with E-state index in [1.165, 1.54) is 17.8 Å². The summed E-state index contributed by atoms with van der Waals surface area (Å²) in [7, 11) is -3.24. The summed E-state index contributed by atoms with van der Waals surface area (Å²) in [4.78, 5) is 17.1. The largest absolute Gasteiger partial charge is 0.302 e. The maximum absolute atomic E-state index is 12.2. The third-order valence-corrected chi connectivity index (χ3v) is 7.88. The Balaban J connectivity index is 1.57. The van der Waals surface area contributed by atoms with Gasteiger partial charge in [0, 0.05) is 16.3 Å². The van der Waals surface area contributed by atoms with Crippen molar-refractivity contribution in [3.8, 4) is 0 Å². The number of hydrogen-bond donors (Lipinski definition) is 1. The Hall–Kier alpha value is -1.90. The fourth-order valence-electron chi connectivity index (χ4n) is 2.86. The molecule has 0 fully saturated rings. The highest BCUT2D eigenvalue weighted by Gasteiger charge is 2.20. The van der Waals surface area contributed by atoms with Crippen LogP contribution in [0.25, 0.3) is 6.08 Å². The molecule has 1 amide bonds. The van der Waals surface area contributed by atoms with E-state index in [1.807, 2.05) is 31.2 Å². The molecule has 1 heterocycles. The molecule has 8 heteroatoms. The highest BCUT2D eigenvalue weighted by molar-refractivity contribution is 9.10. The number of halogens is 1. The Morgan fingerprint density at radius 1 is 1.20 bits per heavy atom. The van der Waals surface area contributed by atoms with Crippen LogP contribution < -0.4 is 5.32 Å². The minimum atomic E-state index is -3.24. The van der Waals surface area contributed by atoms with Crippen molar-refractivity contribution in [1.82, 2.24) is 5.32 Å². The van der Waals surface area contributed by atoms with Gasteiger partial charge in [0.05, 0.1) is 16.7 Å². The normalized spacial score (nSPS) is 16.6. The highest BCUT2D eigenvalue weighted by Crippen LogP contribution is 2.30. The fraction of sp³-hybridized carbons (Fsp3) is 0.273. The van der Waals surface area contributed by atoms with Crippen LogP contribution >= 0.6 is 27.7 Å². The topological polar surface area (TPSA) is 75.6 Å². The number of nitrogens with one attached hydrogen (secondary N) is 1. The Labute approximate surface area is 190 Å². The second-order valence-corrected chi connectivity index (χ2v) is 10.9. The van der Waals surface area contributed by atoms with Gasteiger partial charge in [0.25, 0.3) is 0 Å². The van der Waals surface area contributed by atoms with Gasteiger partial charge in [0.2, 0.25) is 5.91 Å². The number of carbonyl (C=O) groups is 1. The van der Waals surface area contributed by atoms with E-state index in [0.29, 0.717) is 16.5 Å². The molecule has 0 aromatic heterocycles. The van der Waals surface area contributed by atoms with Gasteiger partial charge in [0.1, 0.15) is 0 Å². The third-order valence-electron chi connectivity index (χ3n) is 4.57. The van der Waals surface area contributed by atoms with Crippen molar-refractivity contribution < 1.29 is 13.2 Å². The summed E-state index contributed by atoms with van der Waals surface area (Å²) in [6.07, 6.45) is 4.57. The molecule has 1 N–H and O–H groups in total. The molecule has 0 bridgehead atoms. The third kappa shape index (κ3) is 6.30. The van der Waals surface area contributed by atoms with Gasteiger partial charge in [-0.2, -0.15) is 0 Å². The van der Waals surface area contributed by atoms with E-state index in [2.05, 4.69) is 26.2 Å². The van der Waals surface area contributed by atoms with Gasteiger partial charge >= 0.3 is 0 Å². The Bertz CT molecular complexity index is 1050. The molecule has 0 radical (unpaired) electrons. The summed E-state index contributed by atoms with van der Waals surface area (Å²) < 4.78 is 25.4. The first-order chi connectivity index (χ1) is 14.4. The van der Waals surface area contributed by atoms with Gasteiger partial charge in [-0.25, -0.2) is 8.42 Å². The number of rotatable bonds is 7. The molecule has 2 aromatic rings. The number of benzene rings is 2. The van der Waals surface area contributed by atoms with Gasteiger partial charge in [0.15, 0.2) is 15.0 Å². The van der Waals surface area contributed by atoms with Crippen molar-refractivity contribution in [3.05, 3.63) is 70.2 Å². The summed E-state index contributed by atoms with van der Waals surface area (Å²) in [6, 6.07) is 14.6. The number of sulfone groups is 1. The number of amides is 1. The van der Waals surface area contributed by atoms with E-state index in [0.717, 1.165) is 27.8 Å². The van der Waals surface area contributed by atoms with Crippen LogP contribution in [0.15, 0.2) is 69.0 Å². The number of carbonyl (C=O) groups excluding carboxylic acids is 1. The average Bonchev–Trinajstić information content (AvgIpc) is 3.20. The van der Waals surface area contributed by atoms with Gasteiger partial charge in [-0.3, -0.25) is 9.79 Å². The molecule has 0 saturated heterocycles. The number of amidine groups is 1. The second-order valence-electron chi connectivity index (χ2n) is 6.88. The van der Waals surface area contributed by atoms with Crippen molar-refractivity contribution in [3.63, 3.8) is 0 Å². The quantitative estimate of drug-likeness (QED) is 0.536. The van der Waals surface area contributed by atoms with E-state index in [-0.39, 0.29) is 17.7 Å². The van der Waals surface area contributed by atoms with E-state index in [4.69, 9.17) is 0 Å². The Morgan fingerprint density at radius 2 is 1.90 bits per heavy atom. The second kappa shape index (κ2) is 10.4. The zero-order valence-electron chi connectivity index (χ0n) is 16.5. The van der Waals surface area contributed by atoms with Crippen LogP contribution in [-0.2, 0) is 14.6 Å². The molecule has 1 unspecified atom stereocenters. The summed E-state index contributed by atoms with van der Waals surface area (Å²) in [5.74, 6) is 0.675. The summed E-state index contributed by atoms with van der Waals surface area (Å²) in [5.41, 5.74) is 1.87. The average molecular weight is 507 g/mol. The first-order valence-corrected chi connectivity index (χ1v) is 13.1. The number of unbranched alkanes of at least 4 members (excludes halogenated alkanes) is 1. The van der Waals surface area contributed by atoms with Crippen LogP contribution in [0.3, 0.4) is 0 Å². The lowest BCUT2D eigenvalue weighted by Crippen LogP contribution is -2.25. The molecule has 158 valence electrons. The van der Waals surface area contributed by atoms with Crippen molar-refractivity contribution >= 4 is 54.7 Å². The van der Waals surface area contributed by atoms with Crippen LogP contribution in [0.2, 0.25) is 0 Å². The first kappa shape index (κ1) is 22.8. The van der Waals surface area contributed by atoms with Crippen LogP contribution in [0.5, 0.6) is 0 Å². The monoisotopic (exact) mass is 506 g/mol. The Morgan fingerprint density at radius 3 is 2.57 bits per heavy atom. The SMILES string of the molecule is CCCCS(=O)(=O)c1ccc(/C=C/C(=O)NC2=NC(c3ccc(Br)cc3)CS2)cc1. The summed E-state index contributed by atoms with van der Waals surface area (Å²) in [5, 5.41) is 3.41. The lowest BCUT2D eigenvalue weighted by atomic mass is 10.1. The summed E-state index contributed by atoms with van der Waals surface area (Å²) >= 11 is 4.94. The lowest BCUT2D eigenvalue weighted by Gasteiger charge is -2.05. The standard InChI is InChI=1S/C22H23BrN2O3S2/c1-2-3-14-30(27,28)19-11-4-16(5-12-19)6-13-21(26)25-22-24-20(15-29-22)17-7-9-18(23)10-8-17/h4-13,20H,2-3,14-15H2,1H3,(H,24,25,26)/b13-6+. The molecule has 3 rings (SSSR count). The smallest absolute Gasteiger partial charge is 0.249 e. The molecule has 5 nitrogen and oxygen atoms in total. The maximum atomic E-state index is 12.2. The molecule has 2 aromatic carbocycles. The number of hydrogen-bond acceptors (Lipinski definition) is 5. The van der Waals surface area contributed by atoms with E-state index < -0.39 is 9.84 Å². The molecular formula is C22H23BrN2O3S2. The molecule has 0 aliphatic carbocycles. The van der Waals surface area contributed by atoms with Gasteiger partial charge in [-0.1, -0.05) is 65.3 Å². The number of nitrogens with zero attached hydrogens (tertiary/aromatic N) is 1. The highest BCUT2D eigenvalue weighted by atomic mass is 79.9. The molecule has 30 heavy (non-hydrogen) atoms. The van der Waals surface area contributed by atoms with Crippen LogP contribution in [-0.4, -0.2) is 31.0 Å². The van der Waals surface area contributed by atoms with Crippen molar-refractivity contribution in [2.75, 3.05) is 11.5 Å². The molecule has 0 spiro atoms. The van der Waals surface area contributed by atoms with Crippen molar-refractivity contribution in [1.29, 1.82) is 0 Å². The number of thioether (sulfide) groups is 1. The van der Waals surface area contributed by atoms with Gasteiger partial charge in [-0.05, 0) is 47.9 Å². The zero-order valence-corrected chi connectivity index (χ0v) is 19.8. The molecule has 1 aliphatic rings. The van der Waals surface area contributed by atoms with Crippen molar-refractivity contribution in [2.45, 2.75) is 30.7 Å². The van der Waals surface area contributed by atoms with E-state index in [1.54, 1.807) is 30.3 Å². The maximum Gasteiger partial charge on any atom is 0.249 e. The molecule has 1 atom stereocenters. The lowest BCUT2D eigenvalue weighted by molar-refractivity contribution is -0.115. The predicted octanol–water partition coefficient (Wildman–Crippen LogP) is 5.00. The van der Waals surface area contributed by atoms with Crippen LogP contribution in [0.1, 0.15) is 36.9 Å². The van der Waals surface area contributed by atoms with Gasteiger partial charge in [-0.15, -0.1) is 0 Å². The molecule has 0 saturated carbocycles.